The van der Waals surface area contributed by atoms with E-state index in [0.29, 0.717) is 5.56 Å². The maximum Gasteiger partial charge on any atom is 0.256 e. The largest absolute Gasteiger partial charge is 0.345 e. The maximum atomic E-state index is 11.5. The zero-order valence-corrected chi connectivity index (χ0v) is 8.60. The van der Waals surface area contributed by atoms with E-state index in [9.17, 15) is 4.79 Å². The van der Waals surface area contributed by atoms with Crippen molar-refractivity contribution in [2.75, 3.05) is 14.1 Å². The molecule has 1 fully saturated rings. The molecule has 0 saturated heterocycles. The fourth-order valence-corrected chi connectivity index (χ4v) is 1.40. The molecule has 0 atom stereocenters. The van der Waals surface area contributed by atoms with Crippen LogP contribution in [0.4, 0.5) is 0 Å². The van der Waals surface area contributed by atoms with Gasteiger partial charge in [-0.2, -0.15) is 5.10 Å². The monoisotopic (exact) mass is 193 g/mol. The molecule has 1 heterocycles. The summed E-state index contributed by atoms with van der Waals surface area (Å²) in [5, 5.41) is 4.17. The molecule has 0 radical (unpaired) electrons. The number of amides is 1. The zero-order valence-electron chi connectivity index (χ0n) is 8.60. The molecule has 4 heteroatoms. The van der Waals surface area contributed by atoms with Crippen molar-refractivity contribution in [2.24, 2.45) is 5.92 Å². The van der Waals surface area contributed by atoms with Gasteiger partial charge in [0.25, 0.3) is 5.91 Å². The van der Waals surface area contributed by atoms with E-state index in [0.717, 1.165) is 12.5 Å². The van der Waals surface area contributed by atoms with Gasteiger partial charge in [0.1, 0.15) is 0 Å². The van der Waals surface area contributed by atoms with Crippen molar-refractivity contribution in [1.82, 2.24) is 14.7 Å². The van der Waals surface area contributed by atoms with E-state index >= 15 is 0 Å². The molecule has 4 nitrogen and oxygen atoms in total. The second-order valence-corrected chi connectivity index (χ2v) is 4.09. The smallest absolute Gasteiger partial charge is 0.256 e. The number of hydrogen-bond donors (Lipinski definition) is 0. The zero-order chi connectivity index (χ0) is 10.1. The van der Waals surface area contributed by atoms with Crippen LogP contribution in [0.3, 0.4) is 0 Å². The molecule has 1 aliphatic rings. The van der Waals surface area contributed by atoms with Crippen molar-refractivity contribution >= 4 is 5.91 Å². The minimum Gasteiger partial charge on any atom is -0.345 e. The summed E-state index contributed by atoms with van der Waals surface area (Å²) in [6.07, 6.45) is 6.08. The Hall–Kier alpha value is -1.32. The number of nitrogens with zero attached hydrogens (tertiary/aromatic N) is 3. The van der Waals surface area contributed by atoms with Crippen LogP contribution in [-0.2, 0) is 6.54 Å². The average molecular weight is 193 g/mol. The summed E-state index contributed by atoms with van der Waals surface area (Å²) in [5.74, 6) is 0.809. The van der Waals surface area contributed by atoms with Gasteiger partial charge in [-0.15, -0.1) is 0 Å². The van der Waals surface area contributed by atoms with Crippen LogP contribution in [0.25, 0.3) is 0 Å². The van der Waals surface area contributed by atoms with Crippen LogP contribution in [0.2, 0.25) is 0 Å². The Balaban J connectivity index is 2.04. The third kappa shape index (κ3) is 1.95. The Bertz CT molecular complexity index is 339. The van der Waals surface area contributed by atoms with Crippen molar-refractivity contribution in [3.63, 3.8) is 0 Å². The van der Waals surface area contributed by atoms with Crippen LogP contribution in [-0.4, -0.2) is 34.7 Å². The number of carbonyl (C=O) groups is 1. The highest BCUT2D eigenvalue weighted by atomic mass is 16.2. The molecule has 14 heavy (non-hydrogen) atoms. The first-order valence-corrected chi connectivity index (χ1v) is 4.91. The third-order valence-corrected chi connectivity index (χ3v) is 2.43. The SMILES string of the molecule is CN(C)C(=O)c1cnn(CC2CC2)c1. The van der Waals surface area contributed by atoms with Crippen molar-refractivity contribution < 1.29 is 4.79 Å². The van der Waals surface area contributed by atoms with Crippen molar-refractivity contribution in [3.05, 3.63) is 18.0 Å². The highest BCUT2D eigenvalue weighted by Gasteiger charge is 2.22. The van der Waals surface area contributed by atoms with E-state index in [2.05, 4.69) is 5.10 Å². The van der Waals surface area contributed by atoms with E-state index in [1.54, 1.807) is 25.2 Å². The third-order valence-electron chi connectivity index (χ3n) is 2.43. The lowest BCUT2D eigenvalue weighted by atomic mass is 10.3. The number of aromatic nitrogens is 2. The lowest BCUT2D eigenvalue weighted by Gasteiger charge is -2.07. The standard InChI is InChI=1S/C10H15N3O/c1-12(2)10(14)9-5-11-13(7-9)6-8-3-4-8/h5,7-8H,3-4,6H2,1-2H3. The average Bonchev–Trinajstić information content (AvgIpc) is 2.81. The Labute approximate surface area is 83.5 Å². The van der Waals surface area contributed by atoms with Gasteiger partial charge in [0.2, 0.25) is 0 Å². The van der Waals surface area contributed by atoms with Gasteiger partial charge in [-0.3, -0.25) is 9.48 Å². The van der Waals surface area contributed by atoms with Crippen LogP contribution >= 0.6 is 0 Å². The van der Waals surface area contributed by atoms with Gasteiger partial charge >= 0.3 is 0 Å². The maximum absolute atomic E-state index is 11.5. The van der Waals surface area contributed by atoms with E-state index in [1.165, 1.54) is 12.8 Å². The fraction of sp³-hybridized carbons (Fsp3) is 0.600. The van der Waals surface area contributed by atoms with Crippen LogP contribution in [0.5, 0.6) is 0 Å². The quantitative estimate of drug-likeness (QED) is 0.718. The predicted molar refractivity (Wildman–Crippen MR) is 53.0 cm³/mol. The van der Waals surface area contributed by atoms with Gasteiger partial charge in [0.15, 0.2) is 0 Å². The molecule has 76 valence electrons. The van der Waals surface area contributed by atoms with Crippen molar-refractivity contribution in [1.29, 1.82) is 0 Å². The first-order valence-electron chi connectivity index (χ1n) is 4.91. The Kier molecular flexibility index (Phi) is 2.27. The molecular weight excluding hydrogens is 178 g/mol. The molecular formula is C10H15N3O. The van der Waals surface area contributed by atoms with Gasteiger partial charge in [0.05, 0.1) is 11.8 Å². The topological polar surface area (TPSA) is 38.1 Å². The molecule has 1 saturated carbocycles. The second-order valence-electron chi connectivity index (χ2n) is 4.09. The molecule has 0 unspecified atom stereocenters. The Morgan fingerprint density at radius 1 is 1.64 bits per heavy atom. The van der Waals surface area contributed by atoms with E-state index in [4.69, 9.17) is 0 Å². The first-order chi connectivity index (χ1) is 6.66. The van der Waals surface area contributed by atoms with Crippen LogP contribution < -0.4 is 0 Å². The molecule has 1 aromatic heterocycles. The summed E-state index contributed by atoms with van der Waals surface area (Å²) in [6, 6.07) is 0. The summed E-state index contributed by atoms with van der Waals surface area (Å²) < 4.78 is 1.87. The summed E-state index contributed by atoms with van der Waals surface area (Å²) in [7, 11) is 3.50. The second kappa shape index (κ2) is 3.44. The molecule has 1 aromatic rings. The van der Waals surface area contributed by atoms with Crippen LogP contribution in [0, 0.1) is 5.92 Å². The van der Waals surface area contributed by atoms with E-state index in [1.807, 2.05) is 10.9 Å². The van der Waals surface area contributed by atoms with Gasteiger partial charge in [-0.1, -0.05) is 0 Å². The number of carbonyl (C=O) groups excluding carboxylic acids is 1. The Morgan fingerprint density at radius 2 is 2.36 bits per heavy atom. The lowest BCUT2D eigenvalue weighted by molar-refractivity contribution is 0.0827. The highest BCUT2D eigenvalue weighted by molar-refractivity contribution is 5.93. The van der Waals surface area contributed by atoms with E-state index in [-0.39, 0.29) is 5.91 Å². The van der Waals surface area contributed by atoms with Crippen molar-refractivity contribution in [2.45, 2.75) is 19.4 Å². The molecule has 2 rings (SSSR count). The Morgan fingerprint density at radius 3 is 2.93 bits per heavy atom. The molecule has 1 amide bonds. The molecule has 1 aliphatic carbocycles. The van der Waals surface area contributed by atoms with Gasteiger partial charge in [0, 0.05) is 26.8 Å². The minimum absolute atomic E-state index is 0.0204. The van der Waals surface area contributed by atoms with Gasteiger partial charge < -0.3 is 4.90 Å². The first kappa shape index (κ1) is 9.24. The minimum atomic E-state index is 0.0204. The van der Waals surface area contributed by atoms with Gasteiger partial charge in [-0.05, 0) is 18.8 Å². The molecule has 0 bridgehead atoms. The summed E-state index contributed by atoms with van der Waals surface area (Å²) in [5.41, 5.74) is 0.677. The highest BCUT2D eigenvalue weighted by Crippen LogP contribution is 2.30. The predicted octanol–water partition coefficient (Wildman–Crippen LogP) is 0.995. The molecule has 0 aromatic carbocycles. The van der Waals surface area contributed by atoms with E-state index < -0.39 is 0 Å². The van der Waals surface area contributed by atoms with Gasteiger partial charge in [-0.25, -0.2) is 0 Å². The van der Waals surface area contributed by atoms with Crippen LogP contribution in [0.1, 0.15) is 23.2 Å². The molecule has 0 spiro atoms. The summed E-state index contributed by atoms with van der Waals surface area (Å²) >= 11 is 0. The molecule has 0 N–H and O–H groups in total. The van der Waals surface area contributed by atoms with Crippen molar-refractivity contribution in [3.8, 4) is 0 Å². The summed E-state index contributed by atoms with van der Waals surface area (Å²) in [6.45, 7) is 0.959. The van der Waals surface area contributed by atoms with Crippen LogP contribution in [0.15, 0.2) is 12.4 Å². The number of hydrogen-bond acceptors (Lipinski definition) is 2. The normalized spacial score (nSPS) is 15.6. The molecule has 0 aliphatic heterocycles. The fourth-order valence-electron chi connectivity index (χ4n) is 1.40. The number of rotatable bonds is 3. The lowest BCUT2D eigenvalue weighted by Crippen LogP contribution is -2.21. The summed E-state index contributed by atoms with van der Waals surface area (Å²) in [4.78, 5) is 13.1.